The molecule has 0 bridgehead atoms. The topological polar surface area (TPSA) is 107 Å². The first-order valence-corrected chi connectivity index (χ1v) is 8.81. The number of nitro groups is 1. The lowest BCUT2D eigenvalue weighted by molar-refractivity contribution is -0.384. The van der Waals surface area contributed by atoms with E-state index in [0.29, 0.717) is 24.0 Å². The van der Waals surface area contributed by atoms with Gasteiger partial charge >= 0.3 is 5.97 Å². The van der Waals surface area contributed by atoms with Gasteiger partial charge in [-0.3, -0.25) is 10.1 Å². The van der Waals surface area contributed by atoms with Crippen molar-refractivity contribution < 1.29 is 19.6 Å². The molecule has 1 heterocycles. The number of carbonyl (C=O) groups is 1. The van der Waals surface area contributed by atoms with E-state index in [1.807, 2.05) is 11.5 Å². The molecule has 2 aromatic carbocycles. The van der Waals surface area contributed by atoms with E-state index in [-0.39, 0.29) is 11.4 Å². The molecule has 8 nitrogen and oxygen atoms in total. The van der Waals surface area contributed by atoms with Gasteiger partial charge in [0.1, 0.15) is 5.75 Å². The molecular weight excluding hydrogens is 362 g/mol. The van der Waals surface area contributed by atoms with Crippen molar-refractivity contribution in [3.63, 3.8) is 0 Å². The van der Waals surface area contributed by atoms with Crippen LogP contribution in [0, 0.1) is 17.0 Å². The first kappa shape index (κ1) is 19.2. The summed E-state index contributed by atoms with van der Waals surface area (Å²) in [7, 11) is 1.34. The van der Waals surface area contributed by atoms with Crippen molar-refractivity contribution in [2.75, 3.05) is 19.0 Å². The van der Waals surface area contributed by atoms with Crippen LogP contribution in [0.15, 0.2) is 42.5 Å². The number of nitrogens with zero attached hydrogens (tertiary/aromatic N) is 2. The third-order valence-corrected chi connectivity index (χ3v) is 4.66. The number of phenols is 1. The molecule has 1 aromatic heterocycles. The average molecular weight is 383 g/mol. The van der Waals surface area contributed by atoms with Crippen molar-refractivity contribution in [3.8, 4) is 5.75 Å². The lowest BCUT2D eigenvalue weighted by Gasteiger charge is -2.10. The van der Waals surface area contributed by atoms with E-state index in [9.17, 15) is 20.0 Å². The van der Waals surface area contributed by atoms with Crippen LogP contribution in [0.2, 0.25) is 0 Å². The maximum absolute atomic E-state index is 12.2. The number of phenolic OH excluding ortho intramolecular Hbond substituents is 1. The number of hydrogen-bond donors (Lipinski definition) is 2. The number of carbonyl (C=O) groups excluding carboxylic acids is 1. The van der Waals surface area contributed by atoms with Gasteiger partial charge in [0.2, 0.25) is 0 Å². The zero-order valence-electron chi connectivity index (χ0n) is 15.6. The highest BCUT2D eigenvalue weighted by molar-refractivity contribution is 6.06. The van der Waals surface area contributed by atoms with Gasteiger partial charge in [-0.1, -0.05) is 0 Å². The Hall–Kier alpha value is -3.55. The highest BCUT2D eigenvalue weighted by atomic mass is 16.6. The second-order valence-corrected chi connectivity index (χ2v) is 6.39. The molecule has 28 heavy (non-hydrogen) atoms. The van der Waals surface area contributed by atoms with E-state index < -0.39 is 10.9 Å². The summed E-state index contributed by atoms with van der Waals surface area (Å²) >= 11 is 0. The van der Waals surface area contributed by atoms with Crippen LogP contribution in [0.1, 0.15) is 22.5 Å². The molecule has 0 unspecified atom stereocenters. The van der Waals surface area contributed by atoms with Crippen LogP contribution in [0.25, 0.3) is 10.9 Å². The maximum Gasteiger partial charge on any atom is 0.340 e. The van der Waals surface area contributed by atoms with Gasteiger partial charge in [0.25, 0.3) is 5.69 Å². The Morgan fingerprint density at radius 1 is 1.25 bits per heavy atom. The molecule has 0 spiro atoms. The molecule has 0 atom stereocenters. The van der Waals surface area contributed by atoms with E-state index in [1.54, 1.807) is 30.3 Å². The van der Waals surface area contributed by atoms with Crippen LogP contribution in [0.4, 0.5) is 11.4 Å². The third-order valence-electron chi connectivity index (χ3n) is 4.66. The van der Waals surface area contributed by atoms with Crippen LogP contribution >= 0.6 is 0 Å². The number of aromatic nitrogens is 1. The number of rotatable bonds is 7. The number of anilines is 1. The predicted octanol–water partition coefficient (Wildman–Crippen LogP) is 3.85. The minimum atomic E-state index is -0.434. The molecule has 0 aliphatic heterocycles. The summed E-state index contributed by atoms with van der Waals surface area (Å²) in [4.78, 5) is 22.5. The third kappa shape index (κ3) is 3.75. The predicted molar refractivity (Wildman–Crippen MR) is 106 cm³/mol. The van der Waals surface area contributed by atoms with Gasteiger partial charge in [-0.05, 0) is 43.7 Å². The summed E-state index contributed by atoms with van der Waals surface area (Å²) < 4.78 is 6.92. The van der Waals surface area contributed by atoms with Gasteiger partial charge in [-0.2, -0.15) is 0 Å². The summed E-state index contributed by atoms with van der Waals surface area (Å²) in [6.45, 7) is 3.17. The SMILES string of the molecule is COC(=O)c1c(C)n(CCCNc2ccc([N+](=O)[O-])cc2)c2ccc(O)cc12. The molecule has 2 N–H and O–H groups in total. The Labute approximate surface area is 161 Å². The maximum atomic E-state index is 12.2. The van der Waals surface area contributed by atoms with Gasteiger partial charge in [-0.25, -0.2) is 4.79 Å². The Kier molecular flexibility index (Phi) is 5.49. The number of methoxy groups -OCH3 is 1. The molecule has 3 rings (SSSR count). The van der Waals surface area contributed by atoms with E-state index in [0.717, 1.165) is 23.3 Å². The summed E-state index contributed by atoms with van der Waals surface area (Å²) in [5.74, 6) is -0.342. The molecular formula is C20H21N3O5. The van der Waals surface area contributed by atoms with Crippen molar-refractivity contribution in [1.82, 2.24) is 4.57 Å². The Balaban J connectivity index is 1.73. The molecule has 0 fully saturated rings. The van der Waals surface area contributed by atoms with Gasteiger partial charge in [0, 0.05) is 47.5 Å². The second kappa shape index (κ2) is 7.99. The second-order valence-electron chi connectivity index (χ2n) is 6.39. The van der Waals surface area contributed by atoms with Crippen LogP contribution in [-0.4, -0.2) is 34.2 Å². The Morgan fingerprint density at radius 2 is 1.96 bits per heavy atom. The minimum Gasteiger partial charge on any atom is -0.508 e. The van der Waals surface area contributed by atoms with Gasteiger partial charge in [0.05, 0.1) is 17.6 Å². The lowest BCUT2D eigenvalue weighted by atomic mass is 10.1. The number of fused-ring (bicyclic) bond motifs is 1. The van der Waals surface area contributed by atoms with Gasteiger partial charge in [0.15, 0.2) is 0 Å². The number of esters is 1. The smallest absolute Gasteiger partial charge is 0.340 e. The number of aryl methyl sites for hydroxylation is 1. The monoisotopic (exact) mass is 383 g/mol. The normalized spacial score (nSPS) is 10.8. The van der Waals surface area contributed by atoms with Crippen molar-refractivity contribution >= 4 is 28.2 Å². The lowest BCUT2D eigenvalue weighted by Crippen LogP contribution is -2.09. The molecule has 0 aliphatic rings. The number of benzene rings is 2. The number of aromatic hydroxyl groups is 1. The van der Waals surface area contributed by atoms with Crippen LogP contribution in [0.3, 0.4) is 0 Å². The number of hydrogen-bond acceptors (Lipinski definition) is 6. The first-order chi connectivity index (χ1) is 13.4. The zero-order chi connectivity index (χ0) is 20.3. The van der Waals surface area contributed by atoms with Gasteiger partial charge < -0.3 is 19.7 Å². The molecule has 0 radical (unpaired) electrons. The van der Waals surface area contributed by atoms with Crippen molar-refractivity contribution in [2.24, 2.45) is 0 Å². The molecule has 146 valence electrons. The standard InChI is InChI=1S/C20H21N3O5/c1-13-19(20(25)28-2)17-12-16(24)8-9-18(17)22(13)11-3-10-21-14-4-6-15(7-5-14)23(26)27/h4-9,12,21,24H,3,10-11H2,1-2H3. The summed E-state index contributed by atoms with van der Waals surface area (Å²) in [6.07, 6.45) is 0.767. The number of nitrogens with one attached hydrogen (secondary N) is 1. The molecule has 0 saturated carbocycles. The van der Waals surface area contributed by atoms with Crippen LogP contribution in [0.5, 0.6) is 5.75 Å². The van der Waals surface area contributed by atoms with Crippen LogP contribution < -0.4 is 5.32 Å². The number of non-ortho nitro benzene ring substituents is 1. The Bertz CT molecular complexity index is 1020. The summed E-state index contributed by atoms with van der Waals surface area (Å²) in [5, 5.41) is 24.4. The van der Waals surface area contributed by atoms with E-state index in [2.05, 4.69) is 5.32 Å². The van der Waals surface area contributed by atoms with Crippen molar-refractivity contribution in [3.05, 3.63) is 63.8 Å². The average Bonchev–Trinajstić information content (AvgIpc) is 2.95. The van der Waals surface area contributed by atoms with Gasteiger partial charge in [-0.15, -0.1) is 0 Å². The molecule has 8 heteroatoms. The summed E-state index contributed by atoms with van der Waals surface area (Å²) in [6, 6.07) is 11.2. The fourth-order valence-electron chi connectivity index (χ4n) is 3.29. The molecule has 0 aliphatic carbocycles. The Morgan fingerprint density at radius 3 is 2.61 bits per heavy atom. The fourth-order valence-corrected chi connectivity index (χ4v) is 3.29. The van der Waals surface area contributed by atoms with Crippen LogP contribution in [-0.2, 0) is 11.3 Å². The first-order valence-electron chi connectivity index (χ1n) is 8.81. The zero-order valence-corrected chi connectivity index (χ0v) is 15.6. The fraction of sp³-hybridized carbons (Fsp3) is 0.250. The van der Waals surface area contributed by atoms with E-state index >= 15 is 0 Å². The minimum absolute atomic E-state index is 0.0542. The quantitative estimate of drug-likeness (QED) is 0.278. The largest absolute Gasteiger partial charge is 0.508 e. The van der Waals surface area contributed by atoms with E-state index in [1.165, 1.54) is 19.2 Å². The molecule has 3 aromatic rings. The van der Waals surface area contributed by atoms with Crippen molar-refractivity contribution in [2.45, 2.75) is 19.9 Å². The highest BCUT2D eigenvalue weighted by Crippen LogP contribution is 2.29. The molecule has 0 saturated heterocycles. The number of ether oxygens (including phenoxy) is 1. The van der Waals surface area contributed by atoms with E-state index in [4.69, 9.17) is 4.74 Å². The molecule has 0 amide bonds. The highest BCUT2D eigenvalue weighted by Gasteiger charge is 2.20. The van der Waals surface area contributed by atoms with Crippen molar-refractivity contribution in [1.29, 1.82) is 0 Å². The summed E-state index contributed by atoms with van der Waals surface area (Å²) in [5.41, 5.74) is 2.95. The number of nitro benzene ring substituents is 1.